The maximum Gasteiger partial charge on any atom is 0.319 e. The van der Waals surface area contributed by atoms with Crippen molar-refractivity contribution in [3.63, 3.8) is 0 Å². The first-order valence-electron chi connectivity index (χ1n) is 15.2. The lowest BCUT2D eigenvalue weighted by molar-refractivity contribution is 0.102. The van der Waals surface area contributed by atoms with Gasteiger partial charge in [-0.15, -0.1) is 0 Å². The van der Waals surface area contributed by atoms with E-state index in [1.165, 1.54) is 29.7 Å². The standard InChI is InChI=1S/C33H45N5O4S/c1-6-27(7-2)35-32(40)36-28-12-13-29(26(19-28)21-41-5)42-30-20-34-33(43-30)37-31(39)25-10-8-23(9-11-25)18-24-14-16-38(17-15-24)22(3)4/h8-13,19-20,22,24,27H,6-7,14-18,21H2,1-5H3,(H,34,37,39)(H2,35,36,40). The van der Waals surface area contributed by atoms with Crippen LogP contribution in [0.4, 0.5) is 15.6 Å². The Kier molecular flexibility index (Phi) is 12.0. The molecule has 3 amide bonds. The molecule has 0 saturated carbocycles. The first-order valence-corrected chi connectivity index (χ1v) is 16.1. The second-order valence-corrected chi connectivity index (χ2v) is 12.4. The summed E-state index contributed by atoms with van der Waals surface area (Å²) in [6.07, 6.45) is 6.81. The Bertz CT molecular complexity index is 1330. The summed E-state index contributed by atoms with van der Waals surface area (Å²) in [5.74, 6) is 1.07. The van der Waals surface area contributed by atoms with Gasteiger partial charge >= 0.3 is 6.03 Å². The second-order valence-electron chi connectivity index (χ2n) is 11.4. The average Bonchev–Trinajstić information content (AvgIpc) is 3.44. The highest BCUT2D eigenvalue weighted by atomic mass is 32.1. The third-order valence-corrected chi connectivity index (χ3v) is 8.77. The van der Waals surface area contributed by atoms with Crippen LogP contribution < -0.4 is 20.7 Å². The number of benzene rings is 2. The van der Waals surface area contributed by atoms with Crippen molar-refractivity contribution in [2.45, 2.75) is 78.5 Å². The highest BCUT2D eigenvalue weighted by molar-refractivity contribution is 7.17. The Hall–Kier alpha value is -3.47. The van der Waals surface area contributed by atoms with Gasteiger partial charge in [0.25, 0.3) is 5.91 Å². The molecule has 3 N–H and O–H groups in total. The number of anilines is 2. The summed E-state index contributed by atoms with van der Waals surface area (Å²) in [5, 5.41) is 9.71. The number of carbonyl (C=O) groups excluding carboxylic acids is 2. The molecule has 0 unspecified atom stereocenters. The number of carbonyl (C=O) groups is 2. The van der Waals surface area contributed by atoms with Crippen LogP contribution in [0.3, 0.4) is 0 Å². The van der Waals surface area contributed by atoms with Crippen LogP contribution in [0.1, 0.15) is 74.9 Å². The zero-order valence-corrected chi connectivity index (χ0v) is 26.8. The normalized spacial score (nSPS) is 14.2. The summed E-state index contributed by atoms with van der Waals surface area (Å²) in [5.41, 5.74) is 3.27. The quantitative estimate of drug-likeness (QED) is 0.188. The van der Waals surface area contributed by atoms with Gasteiger partial charge in [0, 0.05) is 36.0 Å². The van der Waals surface area contributed by atoms with Crippen LogP contribution in [0.15, 0.2) is 48.7 Å². The number of amides is 3. The number of methoxy groups -OCH3 is 1. The predicted molar refractivity (Wildman–Crippen MR) is 173 cm³/mol. The molecule has 0 aliphatic carbocycles. The number of piperidine rings is 1. The van der Waals surface area contributed by atoms with E-state index in [0.29, 0.717) is 45.8 Å². The number of urea groups is 1. The molecule has 0 spiro atoms. The lowest BCUT2D eigenvalue weighted by Gasteiger charge is -2.34. The molecule has 1 fully saturated rings. The van der Waals surface area contributed by atoms with E-state index in [9.17, 15) is 9.59 Å². The van der Waals surface area contributed by atoms with E-state index in [0.717, 1.165) is 37.9 Å². The van der Waals surface area contributed by atoms with Crippen molar-refractivity contribution in [2.75, 3.05) is 30.8 Å². The fourth-order valence-corrected chi connectivity index (χ4v) is 5.99. The first kappa shape index (κ1) is 32.4. The van der Waals surface area contributed by atoms with Gasteiger partial charge in [-0.05, 0) is 101 Å². The van der Waals surface area contributed by atoms with Crippen molar-refractivity contribution in [1.29, 1.82) is 0 Å². The van der Waals surface area contributed by atoms with Gasteiger partial charge < -0.3 is 25.0 Å². The minimum absolute atomic E-state index is 0.129. The molecule has 0 bridgehead atoms. The summed E-state index contributed by atoms with van der Waals surface area (Å²) in [6, 6.07) is 13.8. The summed E-state index contributed by atoms with van der Waals surface area (Å²) in [6.45, 7) is 11.2. The topological polar surface area (TPSA) is 105 Å². The number of ether oxygens (including phenoxy) is 2. The molecular formula is C33H45N5O4S. The van der Waals surface area contributed by atoms with Gasteiger partial charge in [-0.25, -0.2) is 9.78 Å². The largest absolute Gasteiger partial charge is 0.445 e. The van der Waals surface area contributed by atoms with Gasteiger partial charge in [0.15, 0.2) is 5.13 Å². The van der Waals surface area contributed by atoms with Crippen molar-refractivity contribution >= 4 is 34.1 Å². The van der Waals surface area contributed by atoms with Crippen molar-refractivity contribution in [3.8, 4) is 10.8 Å². The van der Waals surface area contributed by atoms with Gasteiger partial charge in [-0.2, -0.15) is 0 Å². The monoisotopic (exact) mass is 607 g/mol. The Morgan fingerprint density at radius 3 is 2.42 bits per heavy atom. The average molecular weight is 608 g/mol. The highest BCUT2D eigenvalue weighted by Crippen LogP contribution is 2.34. The van der Waals surface area contributed by atoms with Gasteiger partial charge in [0.05, 0.1) is 12.8 Å². The molecule has 1 aliphatic heterocycles. The molecule has 2 heterocycles. The Labute approximate surface area is 259 Å². The molecule has 1 saturated heterocycles. The molecule has 10 heteroatoms. The number of nitrogens with zero attached hydrogens (tertiary/aromatic N) is 2. The number of hydrogen-bond acceptors (Lipinski definition) is 7. The number of nitrogens with one attached hydrogen (secondary N) is 3. The number of rotatable bonds is 13. The lowest BCUT2D eigenvalue weighted by Crippen LogP contribution is -2.38. The minimum Gasteiger partial charge on any atom is -0.445 e. The number of thiazole rings is 1. The molecular weight excluding hydrogens is 562 g/mol. The second kappa shape index (κ2) is 15.8. The SMILES string of the molecule is CCC(CC)NC(=O)Nc1ccc(Oc2cnc(NC(=O)c3ccc(CC4CCN(C(C)C)CC4)cc3)s2)c(COC)c1. The molecule has 3 aromatic rings. The maximum atomic E-state index is 12.9. The zero-order valence-electron chi connectivity index (χ0n) is 25.9. The fourth-order valence-electron chi connectivity index (χ4n) is 5.31. The van der Waals surface area contributed by atoms with Gasteiger partial charge in [-0.1, -0.05) is 37.3 Å². The van der Waals surface area contributed by atoms with Crippen LogP contribution >= 0.6 is 11.3 Å². The van der Waals surface area contributed by atoms with Crippen molar-refractivity contribution < 1.29 is 19.1 Å². The van der Waals surface area contributed by atoms with E-state index in [1.54, 1.807) is 25.4 Å². The number of likely N-dealkylation sites (tertiary alicyclic amines) is 1. The Morgan fingerprint density at radius 1 is 1.05 bits per heavy atom. The van der Waals surface area contributed by atoms with E-state index >= 15 is 0 Å². The van der Waals surface area contributed by atoms with Crippen LogP contribution in [0, 0.1) is 5.92 Å². The van der Waals surface area contributed by atoms with Crippen LogP contribution in [-0.4, -0.2) is 54.1 Å². The van der Waals surface area contributed by atoms with E-state index in [2.05, 4.69) is 51.8 Å². The zero-order chi connectivity index (χ0) is 30.8. The fraction of sp³-hybridized carbons (Fsp3) is 0.485. The van der Waals surface area contributed by atoms with Crippen LogP contribution in [0.5, 0.6) is 10.8 Å². The van der Waals surface area contributed by atoms with Crippen LogP contribution in [0.25, 0.3) is 0 Å². The van der Waals surface area contributed by atoms with Crippen molar-refractivity contribution in [3.05, 3.63) is 65.4 Å². The molecule has 43 heavy (non-hydrogen) atoms. The lowest BCUT2D eigenvalue weighted by atomic mass is 9.89. The van der Waals surface area contributed by atoms with Gasteiger partial charge in [-0.3, -0.25) is 10.1 Å². The van der Waals surface area contributed by atoms with E-state index in [-0.39, 0.29) is 18.0 Å². The maximum absolute atomic E-state index is 12.9. The third-order valence-electron chi connectivity index (χ3n) is 7.97. The third kappa shape index (κ3) is 9.51. The predicted octanol–water partition coefficient (Wildman–Crippen LogP) is 7.31. The Morgan fingerprint density at radius 2 is 1.77 bits per heavy atom. The molecule has 1 aliphatic rings. The Balaban J connectivity index is 1.31. The highest BCUT2D eigenvalue weighted by Gasteiger charge is 2.21. The molecule has 0 radical (unpaired) electrons. The number of aromatic nitrogens is 1. The molecule has 0 atom stereocenters. The van der Waals surface area contributed by atoms with Crippen LogP contribution in [0.2, 0.25) is 0 Å². The summed E-state index contributed by atoms with van der Waals surface area (Å²) in [7, 11) is 1.60. The van der Waals surface area contributed by atoms with Crippen molar-refractivity contribution in [2.24, 2.45) is 5.92 Å². The van der Waals surface area contributed by atoms with E-state index < -0.39 is 0 Å². The number of hydrogen-bond donors (Lipinski definition) is 3. The van der Waals surface area contributed by atoms with Gasteiger partial charge in [0.1, 0.15) is 5.75 Å². The molecule has 1 aromatic heterocycles. The first-order chi connectivity index (χ1) is 20.8. The summed E-state index contributed by atoms with van der Waals surface area (Å²) in [4.78, 5) is 32.2. The minimum atomic E-state index is -0.245. The van der Waals surface area contributed by atoms with E-state index in [4.69, 9.17) is 9.47 Å². The van der Waals surface area contributed by atoms with Crippen LogP contribution in [-0.2, 0) is 17.8 Å². The van der Waals surface area contributed by atoms with E-state index in [1.807, 2.05) is 32.0 Å². The molecule has 232 valence electrons. The van der Waals surface area contributed by atoms with Crippen molar-refractivity contribution in [1.82, 2.24) is 15.2 Å². The molecule has 9 nitrogen and oxygen atoms in total. The smallest absolute Gasteiger partial charge is 0.319 e. The summed E-state index contributed by atoms with van der Waals surface area (Å²) >= 11 is 1.24. The molecule has 2 aromatic carbocycles. The molecule has 4 rings (SSSR count). The summed E-state index contributed by atoms with van der Waals surface area (Å²) < 4.78 is 11.4. The van der Waals surface area contributed by atoms with Gasteiger partial charge in [0.2, 0.25) is 5.06 Å².